The molecule has 18 heavy (non-hydrogen) atoms. The Labute approximate surface area is 114 Å². The fourth-order valence-corrected chi connectivity index (χ4v) is 4.00. The first-order valence-corrected chi connectivity index (χ1v) is 7.24. The van der Waals surface area contributed by atoms with Crippen molar-refractivity contribution in [3.8, 4) is 0 Å². The fraction of sp³-hybridized carbons (Fsp3) is 0.231. The summed E-state index contributed by atoms with van der Waals surface area (Å²) in [7, 11) is 0. The van der Waals surface area contributed by atoms with E-state index in [1.807, 2.05) is 11.6 Å². The first-order valence-electron chi connectivity index (χ1n) is 5.89. The molecule has 2 aromatic rings. The van der Waals surface area contributed by atoms with Crippen LogP contribution in [0.2, 0.25) is 0 Å². The lowest BCUT2D eigenvalue weighted by Gasteiger charge is -2.32. The summed E-state index contributed by atoms with van der Waals surface area (Å²) in [4.78, 5) is 7.72. The Morgan fingerprint density at radius 1 is 1.39 bits per heavy atom. The van der Waals surface area contributed by atoms with Crippen molar-refractivity contribution >= 4 is 28.5 Å². The van der Waals surface area contributed by atoms with Crippen LogP contribution in [0.25, 0.3) is 0 Å². The van der Waals surface area contributed by atoms with Gasteiger partial charge in [0.2, 0.25) is 0 Å². The maximum Gasteiger partial charge on any atom is 0.163 e. The molecule has 5 heteroatoms. The van der Waals surface area contributed by atoms with Crippen LogP contribution in [0.5, 0.6) is 0 Å². The van der Waals surface area contributed by atoms with E-state index in [1.165, 1.54) is 5.56 Å². The van der Waals surface area contributed by atoms with Crippen molar-refractivity contribution in [1.82, 2.24) is 15.2 Å². The molecule has 3 nitrogen and oxygen atoms in total. The Morgan fingerprint density at radius 2 is 2.28 bits per heavy atom. The Bertz CT molecular complexity index is 623. The first kappa shape index (κ1) is 10.6. The molecule has 2 aliphatic rings. The van der Waals surface area contributed by atoms with Gasteiger partial charge in [0.1, 0.15) is 4.99 Å². The molecule has 0 amide bonds. The zero-order valence-corrected chi connectivity index (χ0v) is 11.2. The molecule has 1 aromatic heterocycles. The summed E-state index contributed by atoms with van der Waals surface area (Å²) in [5.41, 5.74) is 5.00. The Balaban J connectivity index is 2.03. The fourth-order valence-electron chi connectivity index (χ4n) is 2.99. The molecule has 1 fully saturated rings. The van der Waals surface area contributed by atoms with E-state index in [9.17, 15) is 0 Å². The van der Waals surface area contributed by atoms with Gasteiger partial charge in [0.05, 0.1) is 11.2 Å². The number of nitrogens with one attached hydrogen (secondary N) is 1. The van der Waals surface area contributed by atoms with Crippen LogP contribution < -0.4 is 5.32 Å². The normalized spacial score (nSPS) is 25.3. The second-order valence-electron chi connectivity index (χ2n) is 4.51. The molecule has 0 saturated carbocycles. The van der Waals surface area contributed by atoms with E-state index in [-0.39, 0.29) is 5.66 Å². The van der Waals surface area contributed by atoms with Crippen LogP contribution in [0.15, 0.2) is 35.2 Å². The highest BCUT2D eigenvalue weighted by atomic mass is 32.1. The number of rotatable bonds is 1. The second-order valence-corrected chi connectivity index (χ2v) is 5.62. The van der Waals surface area contributed by atoms with Crippen LogP contribution in [0.3, 0.4) is 0 Å². The summed E-state index contributed by atoms with van der Waals surface area (Å²) < 4.78 is 0. The van der Waals surface area contributed by atoms with Crippen molar-refractivity contribution in [2.24, 2.45) is 0 Å². The number of hydrogen-bond acceptors (Lipinski definition) is 4. The molecule has 0 bridgehead atoms. The van der Waals surface area contributed by atoms with E-state index in [2.05, 4.69) is 38.8 Å². The zero-order valence-electron chi connectivity index (χ0n) is 9.59. The standard InChI is InChI=1S/C13H11N3S2/c17-12-9-3-1-2-4-10(9)13(11-7-18-8-14-11)15-5-6-16(12)13/h1-4,7-8,15H,5-6H2. The van der Waals surface area contributed by atoms with Crippen LogP contribution in [-0.4, -0.2) is 28.0 Å². The number of benzene rings is 1. The predicted octanol–water partition coefficient (Wildman–Crippen LogP) is 1.94. The minimum atomic E-state index is -0.326. The Kier molecular flexibility index (Phi) is 2.12. The number of thiazole rings is 1. The van der Waals surface area contributed by atoms with E-state index in [4.69, 9.17) is 12.2 Å². The van der Waals surface area contributed by atoms with E-state index < -0.39 is 0 Å². The summed E-state index contributed by atoms with van der Waals surface area (Å²) >= 11 is 7.24. The molecule has 0 radical (unpaired) electrons. The van der Waals surface area contributed by atoms with Gasteiger partial charge in [-0.05, 0) is 0 Å². The highest BCUT2D eigenvalue weighted by Gasteiger charge is 2.52. The molecule has 90 valence electrons. The van der Waals surface area contributed by atoms with Gasteiger partial charge >= 0.3 is 0 Å². The van der Waals surface area contributed by atoms with Gasteiger partial charge in [-0.3, -0.25) is 5.32 Å². The van der Waals surface area contributed by atoms with Gasteiger partial charge in [-0.25, -0.2) is 4.98 Å². The number of nitrogens with zero attached hydrogens (tertiary/aromatic N) is 2. The molecule has 1 saturated heterocycles. The third kappa shape index (κ3) is 1.12. The summed E-state index contributed by atoms with van der Waals surface area (Å²) in [6, 6.07) is 8.37. The minimum absolute atomic E-state index is 0.326. The highest BCUT2D eigenvalue weighted by molar-refractivity contribution is 7.80. The van der Waals surface area contributed by atoms with Gasteiger partial charge in [0.25, 0.3) is 0 Å². The smallest absolute Gasteiger partial charge is 0.163 e. The lowest BCUT2D eigenvalue weighted by Crippen LogP contribution is -2.46. The van der Waals surface area contributed by atoms with Crippen molar-refractivity contribution in [2.45, 2.75) is 5.66 Å². The lowest BCUT2D eigenvalue weighted by atomic mass is 9.96. The molecule has 0 aliphatic carbocycles. The third-order valence-corrected chi connectivity index (χ3v) is 4.74. The van der Waals surface area contributed by atoms with Crippen molar-refractivity contribution in [2.75, 3.05) is 13.1 Å². The first-order chi connectivity index (χ1) is 8.84. The van der Waals surface area contributed by atoms with Gasteiger partial charge in [0, 0.05) is 29.6 Å². The number of thiocarbonyl (C=S) groups is 1. The van der Waals surface area contributed by atoms with Gasteiger partial charge < -0.3 is 4.90 Å². The number of aromatic nitrogens is 1. The average Bonchev–Trinajstić information content (AvgIpc) is 3.09. The van der Waals surface area contributed by atoms with Crippen LogP contribution >= 0.6 is 23.6 Å². The topological polar surface area (TPSA) is 28.2 Å². The highest BCUT2D eigenvalue weighted by Crippen LogP contribution is 2.44. The second kappa shape index (κ2) is 3.60. The maximum absolute atomic E-state index is 5.62. The van der Waals surface area contributed by atoms with Crippen molar-refractivity contribution in [1.29, 1.82) is 0 Å². The Morgan fingerprint density at radius 3 is 3.11 bits per heavy atom. The van der Waals surface area contributed by atoms with Crippen molar-refractivity contribution in [3.05, 3.63) is 52.0 Å². The zero-order chi connectivity index (χ0) is 12.2. The summed E-state index contributed by atoms with van der Waals surface area (Å²) in [5.74, 6) is 0. The number of fused-ring (bicyclic) bond motifs is 3. The van der Waals surface area contributed by atoms with Gasteiger partial charge in [-0.15, -0.1) is 11.3 Å². The molecular formula is C13H11N3S2. The van der Waals surface area contributed by atoms with Gasteiger partial charge in [-0.2, -0.15) is 0 Å². The molecule has 1 N–H and O–H groups in total. The molecule has 3 heterocycles. The summed E-state index contributed by atoms with van der Waals surface area (Å²) in [5, 5.41) is 5.71. The van der Waals surface area contributed by atoms with Crippen LogP contribution in [-0.2, 0) is 5.66 Å². The van der Waals surface area contributed by atoms with Gasteiger partial charge in [0.15, 0.2) is 5.66 Å². The maximum atomic E-state index is 5.62. The molecule has 1 aromatic carbocycles. The molecule has 0 spiro atoms. The van der Waals surface area contributed by atoms with E-state index >= 15 is 0 Å². The molecule has 1 atom stereocenters. The average molecular weight is 273 g/mol. The van der Waals surface area contributed by atoms with Crippen LogP contribution in [0.1, 0.15) is 16.8 Å². The lowest BCUT2D eigenvalue weighted by molar-refractivity contribution is 0.274. The molecular weight excluding hydrogens is 262 g/mol. The summed E-state index contributed by atoms with van der Waals surface area (Å²) in [6.45, 7) is 1.87. The predicted molar refractivity (Wildman–Crippen MR) is 75.7 cm³/mol. The largest absolute Gasteiger partial charge is 0.334 e. The van der Waals surface area contributed by atoms with Crippen molar-refractivity contribution in [3.63, 3.8) is 0 Å². The SMILES string of the molecule is S=C1c2ccccc2C2(c3cscn3)NCCN12. The van der Waals surface area contributed by atoms with Crippen LogP contribution in [0, 0.1) is 0 Å². The monoisotopic (exact) mass is 273 g/mol. The molecule has 2 aliphatic heterocycles. The van der Waals surface area contributed by atoms with E-state index in [1.54, 1.807) is 11.3 Å². The summed E-state index contributed by atoms with van der Waals surface area (Å²) in [6.07, 6.45) is 0. The minimum Gasteiger partial charge on any atom is -0.334 e. The van der Waals surface area contributed by atoms with E-state index in [0.717, 1.165) is 29.3 Å². The van der Waals surface area contributed by atoms with Crippen molar-refractivity contribution < 1.29 is 0 Å². The number of hydrogen-bond donors (Lipinski definition) is 1. The molecule has 1 unspecified atom stereocenters. The van der Waals surface area contributed by atoms with Gasteiger partial charge in [-0.1, -0.05) is 36.5 Å². The Hall–Kier alpha value is -1.30. The third-order valence-electron chi connectivity index (χ3n) is 3.72. The quantitative estimate of drug-likeness (QED) is 0.804. The molecule has 4 rings (SSSR count). The van der Waals surface area contributed by atoms with E-state index in [0.29, 0.717) is 0 Å². The van der Waals surface area contributed by atoms with Crippen LogP contribution in [0.4, 0.5) is 0 Å².